The van der Waals surface area contributed by atoms with Gasteiger partial charge in [-0.1, -0.05) is 31.2 Å². The number of halogens is 3. The third-order valence-electron chi connectivity index (χ3n) is 6.93. The lowest BCUT2D eigenvalue weighted by Gasteiger charge is -2.33. The molecule has 0 aliphatic carbocycles. The van der Waals surface area contributed by atoms with Crippen LogP contribution in [0.15, 0.2) is 59.8 Å². The highest BCUT2D eigenvalue weighted by Gasteiger charge is 2.34. The van der Waals surface area contributed by atoms with Crippen LogP contribution in [0.2, 0.25) is 0 Å². The number of aromatic nitrogens is 3. The zero-order chi connectivity index (χ0) is 29.3. The third kappa shape index (κ3) is 5.53. The van der Waals surface area contributed by atoms with E-state index >= 15 is 0 Å². The van der Waals surface area contributed by atoms with E-state index in [0.29, 0.717) is 78.7 Å². The molecule has 1 amide bonds. The number of ether oxygens (including phenoxy) is 2. The number of morpholine rings is 1. The predicted molar refractivity (Wildman–Crippen MR) is 154 cm³/mol. The molecule has 4 aromatic rings. The number of thioether (sulfide) groups is 1. The molecule has 13 heteroatoms. The summed E-state index contributed by atoms with van der Waals surface area (Å²) in [5, 5.41) is 2.58. The molecule has 0 atom stereocenters. The Hall–Kier alpha value is -4.10. The van der Waals surface area contributed by atoms with Crippen LogP contribution in [-0.4, -0.2) is 66.1 Å². The Bertz CT molecular complexity index is 1630. The minimum atomic E-state index is -4.64. The number of carbonyl (C=O) groups excluding carboxylic acids is 1. The van der Waals surface area contributed by atoms with E-state index in [4.69, 9.17) is 9.47 Å². The lowest BCUT2D eigenvalue weighted by Crippen LogP contribution is -2.47. The molecule has 0 spiro atoms. The van der Waals surface area contributed by atoms with Crippen LogP contribution in [0.25, 0.3) is 22.3 Å². The first-order chi connectivity index (χ1) is 20.3. The number of fused-ring (bicyclic) bond motifs is 2. The second-order valence-electron chi connectivity index (χ2n) is 9.58. The van der Waals surface area contributed by atoms with Gasteiger partial charge in [0.1, 0.15) is 23.1 Å². The summed E-state index contributed by atoms with van der Waals surface area (Å²) in [6.45, 7) is 4.69. The summed E-state index contributed by atoms with van der Waals surface area (Å²) in [5.74, 6) is 0.772. The largest absolute Gasteiger partial charge is 0.489 e. The molecule has 1 saturated heterocycles. The molecule has 1 N–H and O–H groups in total. The number of nitrogens with one attached hydrogen (secondary N) is 1. The van der Waals surface area contributed by atoms with Gasteiger partial charge in [0.2, 0.25) is 0 Å². The van der Waals surface area contributed by atoms with E-state index in [1.807, 2.05) is 42.2 Å². The molecule has 0 bridgehead atoms. The molecule has 1 fully saturated rings. The van der Waals surface area contributed by atoms with Crippen LogP contribution in [0.3, 0.4) is 0 Å². The molecule has 9 nitrogen and oxygen atoms in total. The molecule has 218 valence electrons. The smallest absolute Gasteiger partial charge is 0.433 e. The van der Waals surface area contributed by atoms with E-state index < -0.39 is 11.9 Å². The van der Waals surface area contributed by atoms with Crippen LogP contribution in [0.5, 0.6) is 5.75 Å². The van der Waals surface area contributed by atoms with Gasteiger partial charge in [0.05, 0.1) is 42.2 Å². The zero-order valence-corrected chi connectivity index (χ0v) is 23.5. The third-order valence-corrected chi connectivity index (χ3v) is 7.73. The topological polar surface area (TPSA) is 92.7 Å². The Labute approximate surface area is 244 Å². The Morgan fingerprint density at radius 2 is 1.86 bits per heavy atom. The molecule has 2 aliphatic heterocycles. The number of pyridine rings is 1. The van der Waals surface area contributed by atoms with Crippen molar-refractivity contribution in [2.45, 2.75) is 18.1 Å². The fourth-order valence-corrected chi connectivity index (χ4v) is 5.71. The molecule has 2 aromatic carbocycles. The SMILES string of the molecule is CCSc1cc(C(F)(F)F)nc(-c2cccc3c(N4CCOCC4)c(C(=O)NN4CCOc5ccccc54)cnc23)n1. The minimum absolute atomic E-state index is 0.0751. The number of nitrogens with zero attached hydrogens (tertiary/aromatic N) is 5. The van der Waals surface area contributed by atoms with Gasteiger partial charge in [0.25, 0.3) is 5.91 Å². The predicted octanol–water partition coefficient (Wildman–Crippen LogP) is 5.20. The van der Waals surface area contributed by atoms with Gasteiger partial charge in [-0.3, -0.25) is 20.2 Å². The van der Waals surface area contributed by atoms with Crippen LogP contribution in [0.4, 0.5) is 24.5 Å². The Balaban J connectivity index is 1.46. The van der Waals surface area contributed by atoms with Crippen LogP contribution in [0, 0.1) is 0 Å². The molecule has 4 heterocycles. The summed E-state index contributed by atoms with van der Waals surface area (Å²) in [6.07, 6.45) is -3.17. The standard InChI is InChI=1S/C29H27F3N6O3S/c1-2-42-24-16-23(29(30,31)32)34-27(35-24)19-7-5-6-18-25(19)33-17-20(26(18)37-10-13-40-14-11-37)28(39)36-38-12-15-41-22-9-4-3-8-21(22)38/h3-9,16-17H,2,10-15H2,1H3,(H,36,39). The second-order valence-corrected chi connectivity index (χ2v) is 10.9. The maximum Gasteiger partial charge on any atom is 0.433 e. The van der Waals surface area contributed by atoms with Gasteiger partial charge in [-0.2, -0.15) is 13.2 Å². The number of amides is 1. The van der Waals surface area contributed by atoms with Gasteiger partial charge in [-0.05, 0) is 24.0 Å². The van der Waals surface area contributed by atoms with E-state index in [1.54, 1.807) is 17.1 Å². The first-order valence-electron chi connectivity index (χ1n) is 13.5. The summed E-state index contributed by atoms with van der Waals surface area (Å²) in [7, 11) is 0. The highest BCUT2D eigenvalue weighted by Crippen LogP contribution is 2.37. The van der Waals surface area contributed by atoms with Gasteiger partial charge in [-0.15, -0.1) is 11.8 Å². The number of hydrogen-bond donors (Lipinski definition) is 1. The number of hydrazine groups is 1. The van der Waals surface area contributed by atoms with Crippen molar-refractivity contribution >= 4 is 39.9 Å². The molecule has 0 unspecified atom stereocenters. The van der Waals surface area contributed by atoms with Gasteiger partial charge in [-0.25, -0.2) is 9.97 Å². The fraction of sp³-hybridized carbons (Fsp3) is 0.310. The molecule has 0 saturated carbocycles. The maximum atomic E-state index is 13.8. The van der Waals surface area contributed by atoms with E-state index in [2.05, 4.69) is 20.4 Å². The van der Waals surface area contributed by atoms with Crippen LogP contribution in [0.1, 0.15) is 23.0 Å². The maximum absolute atomic E-state index is 13.8. The van der Waals surface area contributed by atoms with Crippen molar-refractivity contribution < 1.29 is 27.4 Å². The zero-order valence-electron chi connectivity index (χ0n) is 22.6. The van der Waals surface area contributed by atoms with Gasteiger partial charge >= 0.3 is 6.18 Å². The highest BCUT2D eigenvalue weighted by molar-refractivity contribution is 7.99. The van der Waals surface area contributed by atoms with E-state index in [9.17, 15) is 18.0 Å². The quantitative estimate of drug-likeness (QED) is 0.238. The lowest BCUT2D eigenvalue weighted by atomic mass is 10.0. The van der Waals surface area contributed by atoms with Gasteiger partial charge < -0.3 is 14.4 Å². The van der Waals surface area contributed by atoms with Crippen molar-refractivity contribution in [2.24, 2.45) is 0 Å². The molecule has 0 radical (unpaired) electrons. The number of anilines is 2. The van der Waals surface area contributed by atoms with E-state index in [0.717, 1.165) is 11.8 Å². The normalized spacial score (nSPS) is 15.3. The first-order valence-corrected chi connectivity index (χ1v) is 14.5. The van der Waals surface area contributed by atoms with Crippen LogP contribution >= 0.6 is 11.8 Å². The monoisotopic (exact) mass is 596 g/mol. The number of alkyl halides is 3. The Morgan fingerprint density at radius 1 is 1.05 bits per heavy atom. The number of carbonyl (C=O) groups is 1. The number of para-hydroxylation sites is 3. The number of benzene rings is 2. The summed E-state index contributed by atoms with van der Waals surface area (Å²) in [6, 6.07) is 13.6. The summed E-state index contributed by atoms with van der Waals surface area (Å²) in [5.41, 5.74) is 4.42. The van der Waals surface area contributed by atoms with Crippen molar-refractivity contribution in [3.8, 4) is 17.1 Å². The number of hydrogen-bond acceptors (Lipinski definition) is 9. The Morgan fingerprint density at radius 3 is 2.64 bits per heavy atom. The molecular weight excluding hydrogens is 569 g/mol. The van der Waals surface area contributed by atoms with Gasteiger partial charge in [0, 0.05) is 36.3 Å². The van der Waals surface area contributed by atoms with Crippen molar-refractivity contribution in [1.29, 1.82) is 0 Å². The average molecular weight is 597 g/mol. The summed E-state index contributed by atoms with van der Waals surface area (Å²) in [4.78, 5) is 28.8. The second kappa shape index (κ2) is 11.6. The average Bonchev–Trinajstić information content (AvgIpc) is 3.00. The molecular formula is C29H27F3N6O3S. The molecule has 2 aliphatic rings. The minimum Gasteiger partial charge on any atom is -0.489 e. The van der Waals surface area contributed by atoms with E-state index in [-0.39, 0.29) is 16.8 Å². The molecule has 6 rings (SSSR count). The summed E-state index contributed by atoms with van der Waals surface area (Å²) < 4.78 is 52.6. The fourth-order valence-electron chi connectivity index (χ4n) is 5.06. The van der Waals surface area contributed by atoms with Crippen LogP contribution < -0.4 is 20.1 Å². The van der Waals surface area contributed by atoms with Crippen LogP contribution in [-0.2, 0) is 10.9 Å². The van der Waals surface area contributed by atoms with Crippen molar-refractivity contribution in [3.63, 3.8) is 0 Å². The van der Waals surface area contributed by atoms with Crippen molar-refractivity contribution in [3.05, 3.63) is 66.0 Å². The molecule has 2 aromatic heterocycles. The highest BCUT2D eigenvalue weighted by atomic mass is 32.2. The van der Waals surface area contributed by atoms with Gasteiger partial charge in [0.15, 0.2) is 5.82 Å². The molecule has 42 heavy (non-hydrogen) atoms. The van der Waals surface area contributed by atoms with Crippen molar-refractivity contribution in [1.82, 2.24) is 20.4 Å². The first kappa shape index (κ1) is 28.0. The lowest BCUT2D eigenvalue weighted by molar-refractivity contribution is -0.141. The van der Waals surface area contributed by atoms with E-state index in [1.165, 1.54) is 18.0 Å². The van der Waals surface area contributed by atoms with Crippen molar-refractivity contribution in [2.75, 3.05) is 55.1 Å². The number of rotatable bonds is 6. The summed E-state index contributed by atoms with van der Waals surface area (Å²) >= 11 is 1.20. The Kier molecular flexibility index (Phi) is 7.78.